The third-order valence-corrected chi connectivity index (χ3v) is 2.49. The van der Waals surface area contributed by atoms with E-state index in [4.69, 9.17) is 0 Å². The summed E-state index contributed by atoms with van der Waals surface area (Å²) >= 11 is 0. The first-order valence-electron chi connectivity index (χ1n) is 4.83. The average Bonchev–Trinajstić information content (AvgIpc) is 2.16. The van der Waals surface area contributed by atoms with Crippen LogP contribution in [-0.2, 0) is 6.42 Å². The van der Waals surface area contributed by atoms with Crippen molar-refractivity contribution in [3.63, 3.8) is 0 Å². The monoisotopic (exact) mass is 173 g/mol. The lowest BCUT2D eigenvalue weighted by atomic mass is 10.0. The van der Waals surface area contributed by atoms with Crippen LogP contribution in [0.4, 0.5) is 5.69 Å². The van der Waals surface area contributed by atoms with Crippen molar-refractivity contribution < 1.29 is 0 Å². The maximum atomic E-state index is 2.31. The van der Waals surface area contributed by atoms with Crippen molar-refractivity contribution in [1.29, 1.82) is 0 Å². The summed E-state index contributed by atoms with van der Waals surface area (Å²) in [6.45, 7) is 5.43. The van der Waals surface area contributed by atoms with Gasteiger partial charge in [-0.05, 0) is 31.9 Å². The molecule has 0 spiro atoms. The topological polar surface area (TPSA) is 3.24 Å². The van der Waals surface area contributed by atoms with Gasteiger partial charge >= 0.3 is 0 Å². The first kappa shape index (κ1) is 8.36. The van der Waals surface area contributed by atoms with Gasteiger partial charge in [-0.1, -0.05) is 23.8 Å². The van der Waals surface area contributed by atoms with Gasteiger partial charge in [0, 0.05) is 18.4 Å². The Balaban J connectivity index is 2.44. The van der Waals surface area contributed by atoms with Gasteiger partial charge in [-0.3, -0.25) is 0 Å². The Morgan fingerprint density at radius 3 is 2.85 bits per heavy atom. The third kappa shape index (κ3) is 1.46. The molecule has 1 aromatic rings. The highest BCUT2D eigenvalue weighted by atomic mass is 15.1. The molecule has 0 aliphatic carbocycles. The molecule has 1 aromatic carbocycles. The average molecular weight is 173 g/mol. The van der Waals surface area contributed by atoms with E-state index >= 15 is 0 Å². The Hall–Kier alpha value is -1.24. The van der Waals surface area contributed by atoms with E-state index in [1.54, 1.807) is 0 Å². The van der Waals surface area contributed by atoms with Crippen LogP contribution in [-0.4, -0.2) is 6.54 Å². The van der Waals surface area contributed by atoms with E-state index in [-0.39, 0.29) is 0 Å². The van der Waals surface area contributed by atoms with Crippen LogP contribution < -0.4 is 4.90 Å². The second kappa shape index (κ2) is 3.25. The van der Waals surface area contributed by atoms with E-state index in [1.807, 2.05) is 0 Å². The summed E-state index contributed by atoms with van der Waals surface area (Å²) in [5.74, 6) is 0. The lowest BCUT2D eigenvalue weighted by Crippen LogP contribution is -2.20. The third-order valence-electron chi connectivity index (χ3n) is 2.49. The largest absolute Gasteiger partial charge is 0.348 e. The second-order valence-corrected chi connectivity index (χ2v) is 3.57. The first-order chi connectivity index (χ1) is 6.31. The number of hydrogen-bond donors (Lipinski definition) is 0. The molecule has 68 valence electrons. The van der Waals surface area contributed by atoms with Crippen LogP contribution in [0, 0.1) is 0 Å². The highest BCUT2D eigenvalue weighted by Gasteiger charge is 2.12. The minimum atomic E-state index is 1.05. The van der Waals surface area contributed by atoms with Crippen molar-refractivity contribution in [2.45, 2.75) is 20.3 Å². The van der Waals surface area contributed by atoms with Crippen molar-refractivity contribution >= 4 is 5.69 Å². The van der Waals surface area contributed by atoms with Gasteiger partial charge < -0.3 is 4.90 Å². The minimum Gasteiger partial charge on any atom is -0.348 e. The van der Waals surface area contributed by atoms with Crippen molar-refractivity contribution in [3.8, 4) is 0 Å². The van der Waals surface area contributed by atoms with E-state index in [0.717, 1.165) is 13.0 Å². The maximum absolute atomic E-state index is 2.31. The lowest BCUT2D eigenvalue weighted by molar-refractivity contribution is 0.940. The summed E-state index contributed by atoms with van der Waals surface area (Å²) in [5.41, 5.74) is 4.26. The van der Waals surface area contributed by atoms with Gasteiger partial charge in [-0.15, -0.1) is 0 Å². The summed E-state index contributed by atoms with van der Waals surface area (Å²) in [6, 6.07) is 8.64. The predicted octanol–water partition coefficient (Wildman–Crippen LogP) is 2.97. The smallest absolute Gasteiger partial charge is 0.0441 e. The molecule has 1 aliphatic rings. The molecule has 0 N–H and O–H groups in total. The number of nitrogens with zero attached hydrogens (tertiary/aromatic N) is 1. The van der Waals surface area contributed by atoms with Crippen LogP contribution in [0.1, 0.15) is 19.4 Å². The van der Waals surface area contributed by atoms with Gasteiger partial charge in [-0.25, -0.2) is 0 Å². The first-order valence-corrected chi connectivity index (χ1v) is 4.83. The van der Waals surface area contributed by atoms with E-state index in [1.165, 1.54) is 16.8 Å². The molecule has 1 heterocycles. The fourth-order valence-electron chi connectivity index (χ4n) is 1.88. The van der Waals surface area contributed by atoms with Crippen LogP contribution in [0.15, 0.2) is 36.0 Å². The molecule has 1 heteroatoms. The Bertz CT molecular complexity index is 339. The second-order valence-electron chi connectivity index (χ2n) is 3.57. The molecule has 0 bridgehead atoms. The maximum Gasteiger partial charge on any atom is 0.0441 e. The van der Waals surface area contributed by atoms with E-state index in [2.05, 4.69) is 49.2 Å². The molecule has 0 amide bonds. The number of hydrogen-bond acceptors (Lipinski definition) is 1. The Morgan fingerprint density at radius 2 is 2.08 bits per heavy atom. The quantitative estimate of drug-likeness (QED) is 0.631. The molecule has 0 saturated heterocycles. The predicted molar refractivity (Wildman–Crippen MR) is 56.9 cm³/mol. The van der Waals surface area contributed by atoms with Gasteiger partial charge in [0.1, 0.15) is 0 Å². The van der Waals surface area contributed by atoms with Crippen LogP contribution in [0.25, 0.3) is 0 Å². The van der Waals surface area contributed by atoms with Crippen LogP contribution in [0.3, 0.4) is 0 Å². The number of anilines is 1. The van der Waals surface area contributed by atoms with Gasteiger partial charge in [0.25, 0.3) is 0 Å². The fraction of sp³-hybridized carbons (Fsp3) is 0.333. The lowest BCUT2D eigenvalue weighted by Gasteiger charge is -2.27. The highest BCUT2D eigenvalue weighted by Crippen LogP contribution is 2.27. The summed E-state index contributed by atoms with van der Waals surface area (Å²) < 4.78 is 0. The van der Waals surface area contributed by atoms with Gasteiger partial charge in [-0.2, -0.15) is 0 Å². The number of fused-ring (bicyclic) bond motifs is 1. The molecular formula is C12H15N. The van der Waals surface area contributed by atoms with Crippen molar-refractivity contribution in [2.75, 3.05) is 11.4 Å². The van der Waals surface area contributed by atoms with Gasteiger partial charge in [0.2, 0.25) is 0 Å². The zero-order chi connectivity index (χ0) is 9.26. The molecular weight excluding hydrogens is 158 g/mol. The van der Waals surface area contributed by atoms with Crippen LogP contribution in [0.5, 0.6) is 0 Å². The Morgan fingerprint density at radius 1 is 1.31 bits per heavy atom. The molecule has 0 radical (unpaired) electrons. The molecule has 0 aromatic heterocycles. The summed E-state index contributed by atoms with van der Waals surface area (Å²) in [6.07, 6.45) is 3.36. The van der Waals surface area contributed by atoms with E-state index < -0.39 is 0 Å². The molecule has 1 aliphatic heterocycles. The number of allylic oxidation sites excluding steroid dienone is 1. The minimum absolute atomic E-state index is 1.05. The zero-order valence-electron chi connectivity index (χ0n) is 8.25. The standard InChI is InChI=1S/C12H15N/c1-3-13-9-10(2)8-11-6-4-5-7-12(11)13/h4-7,9H,3,8H2,1-2H3. The van der Waals surface area contributed by atoms with Gasteiger partial charge in [0.05, 0.1) is 0 Å². The number of para-hydroxylation sites is 1. The molecule has 0 fully saturated rings. The Kier molecular flexibility index (Phi) is 2.09. The Labute approximate surface area is 79.7 Å². The SMILES string of the molecule is CCN1C=C(C)Cc2ccccc21. The van der Waals surface area contributed by atoms with E-state index in [9.17, 15) is 0 Å². The van der Waals surface area contributed by atoms with Crippen LogP contribution in [0.2, 0.25) is 0 Å². The molecule has 0 saturated carbocycles. The molecule has 2 rings (SSSR count). The highest BCUT2D eigenvalue weighted by molar-refractivity contribution is 5.59. The van der Waals surface area contributed by atoms with Crippen LogP contribution >= 0.6 is 0 Å². The molecule has 1 nitrogen and oxygen atoms in total. The van der Waals surface area contributed by atoms with Crippen molar-refractivity contribution in [3.05, 3.63) is 41.6 Å². The van der Waals surface area contributed by atoms with Gasteiger partial charge in [0.15, 0.2) is 0 Å². The fourth-order valence-corrected chi connectivity index (χ4v) is 1.88. The zero-order valence-corrected chi connectivity index (χ0v) is 8.25. The van der Waals surface area contributed by atoms with Crippen molar-refractivity contribution in [1.82, 2.24) is 0 Å². The summed E-state index contributed by atoms with van der Waals surface area (Å²) in [7, 11) is 0. The summed E-state index contributed by atoms with van der Waals surface area (Å²) in [5, 5.41) is 0. The van der Waals surface area contributed by atoms with E-state index in [0.29, 0.717) is 0 Å². The number of benzene rings is 1. The summed E-state index contributed by atoms with van der Waals surface area (Å²) in [4.78, 5) is 2.31. The number of rotatable bonds is 1. The molecule has 13 heavy (non-hydrogen) atoms. The normalized spacial score (nSPS) is 15.2. The molecule has 0 atom stereocenters. The molecule has 0 unspecified atom stereocenters. The van der Waals surface area contributed by atoms with Crippen molar-refractivity contribution in [2.24, 2.45) is 0 Å².